The third-order valence-electron chi connectivity index (χ3n) is 3.45. The van der Waals surface area contributed by atoms with Crippen LogP contribution in [0, 0.1) is 0 Å². The number of nitrogens with one attached hydrogen (secondary N) is 2. The molecule has 122 valence electrons. The van der Waals surface area contributed by atoms with Gasteiger partial charge in [-0.2, -0.15) is 0 Å². The van der Waals surface area contributed by atoms with Crippen molar-refractivity contribution in [3.8, 4) is 0 Å². The summed E-state index contributed by atoms with van der Waals surface area (Å²) < 4.78 is 0. The van der Waals surface area contributed by atoms with Crippen molar-refractivity contribution in [3.05, 3.63) is 60.2 Å². The number of aliphatic hydroxyl groups is 1. The summed E-state index contributed by atoms with van der Waals surface area (Å²) in [5.74, 6) is 0. The van der Waals surface area contributed by atoms with Crippen LogP contribution in [-0.4, -0.2) is 37.9 Å². The second-order valence-electron chi connectivity index (χ2n) is 5.62. The normalized spacial score (nSPS) is 11.6. The Kier molecular flexibility index (Phi) is 6.00. The van der Waals surface area contributed by atoms with E-state index in [-0.39, 0.29) is 12.6 Å². The SMILES string of the molecule is CN(C)c1ccc(NC(=O)NCC(O)Cc2ccccc2)cc1. The van der Waals surface area contributed by atoms with Crippen LogP contribution in [0.1, 0.15) is 5.56 Å². The van der Waals surface area contributed by atoms with Gasteiger partial charge in [-0.3, -0.25) is 0 Å². The standard InChI is InChI=1S/C18H23N3O2/c1-21(2)16-10-8-15(9-11-16)20-18(23)19-13-17(22)12-14-6-4-3-5-7-14/h3-11,17,22H,12-13H2,1-2H3,(H2,19,20,23). The van der Waals surface area contributed by atoms with E-state index in [1.54, 1.807) is 0 Å². The molecule has 2 aromatic rings. The molecule has 2 aromatic carbocycles. The van der Waals surface area contributed by atoms with Crippen molar-refractivity contribution in [3.63, 3.8) is 0 Å². The first-order chi connectivity index (χ1) is 11.0. The monoisotopic (exact) mass is 313 g/mol. The maximum Gasteiger partial charge on any atom is 0.319 e. The summed E-state index contributed by atoms with van der Waals surface area (Å²) in [7, 11) is 3.92. The highest BCUT2D eigenvalue weighted by Gasteiger charge is 2.08. The van der Waals surface area contributed by atoms with Gasteiger partial charge in [-0.1, -0.05) is 30.3 Å². The summed E-state index contributed by atoms with van der Waals surface area (Å²) in [6.07, 6.45) is -0.0992. The molecule has 0 aliphatic rings. The van der Waals surface area contributed by atoms with Crippen LogP contribution >= 0.6 is 0 Å². The Hall–Kier alpha value is -2.53. The maximum atomic E-state index is 11.8. The molecule has 1 atom stereocenters. The van der Waals surface area contributed by atoms with Crippen LogP contribution in [0.25, 0.3) is 0 Å². The molecule has 5 heteroatoms. The van der Waals surface area contributed by atoms with Crippen LogP contribution in [0.4, 0.5) is 16.2 Å². The third-order valence-corrected chi connectivity index (χ3v) is 3.45. The molecule has 5 nitrogen and oxygen atoms in total. The van der Waals surface area contributed by atoms with Gasteiger partial charge >= 0.3 is 6.03 Å². The molecule has 0 aromatic heterocycles. The van der Waals surface area contributed by atoms with Gasteiger partial charge in [0.1, 0.15) is 0 Å². The van der Waals surface area contributed by atoms with E-state index in [9.17, 15) is 9.90 Å². The average molecular weight is 313 g/mol. The Morgan fingerprint density at radius 3 is 2.35 bits per heavy atom. The first-order valence-corrected chi connectivity index (χ1v) is 7.59. The van der Waals surface area contributed by atoms with Gasteiger partial charge in [-0.05, 0) is 29.8 Å². The number of benzene rings is 2. The first kappa shape index (κ1) is 16.8. The molecule has 23 heavy (non-hydrogen) atoms. The molecule has 2 amide bonds. The molecule has 0 aliphatic carbocycles. The van der Waals surface area contributed by atoms with Crippen LogP contribution in [0.15, 0.2) is 54.6 Å². The second-order valence-corrected chi connectivity index (χ2v) is 5.62. The van der Waals surface area contributed by atoms with Gasteiger partial charge < -0.3 is 20.6 Å². The van der Waals surface area contributed by atoms with Gasteiger partial charge in [0, 0.05) is 38.4 Å². The molecule has 0 spiro atoms. The zero-order valence-corrected chi connectivity index (χ0v) is 13.5. The van der Waals surface area contributed by atoms with Crippen molar-refractivity contribution in [2.75, 3.05) is 30.9 Å². The number of hydrogen-bond donors (Lipinski definition) is 3. The Morgan fingerprint density at radius 2 is 1.74 bits per heavy atom. The van der Waals surface area contributed by atoms with Gasteiger partial charge in [0.2, 0.25) is 0 Å². The predicted octanol–water partition coefficient (Wildman–Crippen LogP) is 2.48. The van der Waals surface area contributed by atoms with E-state index >= 15 is 0 Å². The zero-order valence-electron chi connectivity index (χ0n) is 13.5. The number of urea groups is 1. The maximum absolute atomic E-state index is 11.8. The number of amides is 2. The van der Waals surface area contributed by atoms with Gasteiger partial charge in [0.05, 0.1) is 6.10 Å². The molecule has 0 heterocycles. The summed E-state index contributed by atoms with van der Waals surface area (Å²) in [4.78, 5) is 13.8. The summed E-state index contributed by atoms with van der Waals surface area (Å²) in [6.45, 7) is 0.205. The average Bonchev–Trinajstić information content (AvgIpc) is 2.54. The predicted molar refractivity (Wildman–Crippen MR) is 93.9 cm³/mol. The molecule has 0 fully saturated rings. The van der Waals surface area contributed by atoms with Crippen molar-refractivity contribution in [1.82, 2.24) is 5.32 Å². The lowest BCUT2D eigenvalue weighted by Crippen LogP contribution is -2.36. The summed E-state index contributed by atoms with van der Waals surface area (Å²) >= 11 is 0. The lowest BCUT2D eigenvalue weighted by molar-refractivity contribution is 0.172. The minimum Gasteiger partial charge on any atom is -0.391 e. The smallest absolute Gasteiger partial charge is 0.319 e. The van der Waals surface area contributed by atoms with Crippen LogP contribution in [0.5, 0.6) is 0 Å². The highest BCUT2D eigenvalue weighted by molar-refractivity contribution is 5.89. The number of hydrogen-bond acceptors (Lipinski definition) is 3. The molecule has 1 unspecified atom stereocenters. The molecule has 0 saturated carbocycles. The van der Waals surface area contributed by atoms with E-state index in [4.69, 9.17) is 0 Å². The Bertz CT molecular complexity index is 612. The van der Waals surface area contributed by atoms with E-state index in [0.717, 1.165) is 11.3 Å². The zero-order chi connectivity index (χ0) is 16.7. The molecule has 0 radical (unpaired) electrons. The van der Waals surface area contributed by atoms with Gasteiger partial charge in [0.25, 0.3) is 0 Å². The Labute approximate surface area is 136 Å². The van der Waals surface area contributed by atoms with Crippen LogP contribution in [0.2, 0.25) is 0 Å². The highest BCUT2D eigenvalue weighted by Crippen LogP contribution is 2.15. The molecule has 2 rings (SSSR count). The Balaban J connectivity index is 1.76. The topological polar surface area (TPSA) is 64.6 Å². The second kappa shape index (κ2) is 8.19. The third kappa shape index (κ3) is 5.64. The fourth-order valence-electron chi connectivity index (χ4n) is 2.19. The number of nitrogens with zero attached hydrogens (tertiary/aromatic N) is 1. The molecule has 3 N–H and O–H groups in total. The number of aliphatic hydroxyl groups excluding tert-OH is 1. The number of carbonyl (C=O) groups excluding carboxylic acids is 1. The van der Waals surface area contributed by atoms with E-state index < -0.39 is 6.10 Å². The van der Waals surface area contributed by atoms with E-state index in [0.29, 0.717) is 12.1 Å². The lowest BCUT2D eigenvalue weighted by Gasteiger charge is -2.14. The molecular formula is C18H23N3O2. The highest BCUT2D eigenvalue weighted by atomic mass is 16.3. The fraction of sp³-hybridized carbons (Fsp3) is 0.278. The van der Waals surface area contributed by atoms with Crippen molar-refractivity contribution in [2.24, 2.45) is 0 Å². The minimum atomic E-state index is -0.612. The summed E-state index contributed by atoms with van der Waals surface area (Å²) in [5.41, 5.74) is 2.82. The number of carbonyl (C=O) groups is 1. The van der Waals surface area contributed by atoms with Gasteiger partial charge in [-0.25, -0.2) is 4.79 Å². The fourth-order valence-corrected chi connectivity index (χ4v) is 2.19. The van der Waals surface area contributed by atoms with Crippen molar-refractivity contribution in [2.45, 2.75) is 12.5 Å². The van der Waals surface area contributed by atoms with Gasteiger partial charge in [-0.15, -0.1) is 0 Å². The minimum absolute atomic E-state index is 0.205. The largest absolute Gasteiger partial charge is 0.391 e. The van der Waals surface area contributed by atoms with E-state index in [1.165, 1.54) is 0 Å². The van der Waals surface area contributed by atoms with Crippen LogP contribution < -0.4 is 15.5 Å². The lowest BCUT2D eigenvalue weighted by atomic mass is 10.1. The Morgan fingerprint density at radius 1 is 1.09 bits per heavy atom. The van der Waals surface area contributed by atoms with Crippen molar-refractivity contribution < 1.29 is 9.90 Å². The summed E-state index contributed by atoms with van der Waals surface area (Å²) in [6, 6.07) is 16.9. The molecule has 0 saturated heterocycles. The van der Waals surface area contributed by atoms with Crippen LogP contribution in [-0.2, 0) is 6.42 Å². The van der Waals surface area contributed by atoms with E-state index in [2.05, 4.69) is 10.6 Å². The van der Waals surface area contributed by atoms with Crippen molar-refractivity contribution >= 4 is 17.4 Å². The molecule has 0 bridgehead atoms. The quantitative estimate of drug-likeness (QED) is 0.767. The summed E-state index contributed by atoms with van der Waals surface area (Å²) in [5, 5.41) is 15.4. The number of rotatable bonds is 6. The van der Waals surface area contributed by atoms with E-state index in [1.807, 2.05) is 73.6 Å². The molecular weight excluding hydrogens is 290 g/mol. The van der Waals surface area contributed by atoms with Gasteiger partial charge in [0.15, 0.2) is 0 Å². The van der Waals surface area contributed by atoms with Crippen LogP contribution in [0.3, 0.4) is 0 Å². The number of anilines is 2. The van der Waals surface area contributed by atoms with Crippen molar-refractivity contribution in [1.29, 1.82) is 0 Å². The first-order valence-electron chi connectivity index (χ1n) is 7.59. The molecule has 0 aliphatic heterocycles.